The second kappa shape index (κ2) is 6.99. The Bertz CT molecular complexity index is 896. The van der Waals surface area contributed by atoms with Crippen molar-refractivity contribution in [2.24, 2.45) is 0 Å². The molecule has 0 N–H and O–H groups in total. The van der Waals surface area contributed by atoms with Crippen LogP contribution in [0.5, 0.6) is 0 Å². The molecule has 0 aliphatic rings. The lowest BCUT2D eigenvalue weighted by molar-refractivity contribution is 0.568. The Morgan fingerprint density at radius 1 is 1.04 bits per heavy atom. The Morgan fingerprint density at radius 2 is 1.58 bits per heavy atom. The van der Waals surface area contributed by atoms with Crippen LogP contribution in [0, 0.1) is 6.92 Å². The average molecular weight is 376 g/mol. The molecule has 0 spiro atoms. The first kappa shape index (κ1) is 20.4. The summed E-state index contributed by atoms with van der Waals surface area (Å²) in [6.07, 6.45) is 1.16. The van der Waals surface area contributed by atoms with Crippen LogP contribution in [0.1, 0.15) is 57.4 Å². The Balaban J connectivity index is 2.88. The van der Waals surface area contributed by atoms with Crippen molar-refractivity contribution in [2.45, 2.75) is 52.9 Å². The quantitative estimate of drug-likeness (QED) is 0.800. The van der Waals surface area contributed by atoms with E-state index in [0.717, 1.165) is 38.6 Å². The van der Waals surface area contributed by atoms with Crippen molar-refractivity contribution in [3.8, 4) is 11.3 Å². The zero-order chi connectivity index (χ0) is 19.9. The SMILES string of the molecule is Cc1ccc(-c2nc(N(C)S(C)(=O)=O)nc(C(C)C)c2C(C)(C)C)cc1. The summed E-state index contributed by atoms with van der Waals surface area (Å²) < 4.78 is 25.2. The van der Waals surface area contributed by atoms with Gasteiger partial charge in [0, 0.05) is 18.2 Å². The second-order valence-electron chi connectivity index (χ2n) is 8.13. The fourth-order valence-electron chi connectivity index (χ4n) is 2.83. The van der Waals surface area contributed by atoms with E-state index >= 15 is 0 Å². The maximum Gasteiger partial charge on any atom is 0.239 e. The van der Waals surface area contributed by atoms with Crippen LogP contribution in [-0.2, 0) is 15.4 Å². The van der Waals surface area contributed by atoms with Crippen LogP contribution in [0.15, 0.2) is 24.3 Å². The molecule has 2 aromatic rings. The fourth-order valence-corrected chi connectivity index (χ4v) is 3.21. The van der Waals surface area contributed by atoms with Crippen LogP contribution in [0.2, 0.25) is 0 Å². The number of hydrogen-bond acceptors (Lipinski definition) is 4. The van der Waals surface area contributed by atoms with E-state index in [4.69, 9.17) is 0 Å². The van der Waals surface area contributed by atoms with E-state index in [2.05, 4.69) is 44.6 Å². The molecule has 6 heteroatoms. The third-order valence-corrected chi connectivity index (χ3v) is 5.48. The summed E-state index contributed by atoms with van der Waals surface area (Å²) in [7, 11) is -1.95. The number of rotatable bonds is 4. The maximum atomic E-state index is 12.0. The molecule has 0 fully saturated rings. The minimum Gasteiger partial charge on any atom is -0.241 e. The molecule has 0 atom stereocenters. The van der Waals surface area contributed by atoms with Crippen LogP contribution in [0.4, 0.5) is 5.95 Å². The first-order chi connectivity index (χ1) is 11.8. The van der Waals surface area contributed by atoms with Crippen LogP contribution in [-0.4, -0.2) is 31.7 Å². The molecule has 0 saturated carbocycles. The molecule has 142 valence electrons. The third-order valence-electron chi connectivity index (χ3n) is 4.33. The normalized spacial score (nSPS) is 12.5. The highest BCUT2D eigenvalue weighted by atomic mass is 32.2. The van der Waals surface area contributed by atoms with E-state index in [9.17, 15) is 8.42 Å². The zero-order valence-corrected chi connectivity index (χ0v) is 17.8. The van der Waals surface area contributed by atoms with Gasteiger partial charge in [-0.05, 0) is 18.3 Å². The van der Waals surface area contributed by atoms with E-state index in [1.807, 2.05) is 31.2 Å². The number of nitrogens with zero attached hydrogens (tertiary/aromatic N) is 3. The van der Waals surface area contributed by atoms with Crippen LogP contribution in [0.3, 0.4) is 0 Å². The van der Waals surface area contributed by atoms with E-state index in [0.29, 0.717) is 0 Å². The summed E-state index contributed by atoms with van der Waals surface area (Å²) in [6, 6.07) is 8.14. The highest BCUT2D eigenvalue weighted by Gasteiger charge is 2.29. The minimum atomic E-state index is -3.44. The summed E-state index contributed by atoms with van der Waals surface area (Å²) in [4.78, 5) is 9.33. The van der Waals surface area contributed by atoms with Gasteiger partial charge in [0.15, 0.2) is 0 Å². The monoisotopic (exact) mass is 375 g/mol. The van der Waals surface area contributed by atoms with E-state index in [-0.39, 0.29) is 17.3 Å². The Kier molecular flexibility index (Phi) is 5.47. The molecular weight excluding hydrogens is 346 g/mol. The Labute approximate surface area is 157 Å². The summed E-state index contributed by atoms with van der Waals surface area (Å²) in [6.45, 7) is 12.6. The number of aromatic nitrogens is 2. The Morgan fingerprint density at radius 3 is 2.00 bits per heavy atom. The molecule has 2 rings (SSSR count). The molecule has 1 aromatic carbocycles. The number of anilines is 1. The highest BCUT2D eigenvalue weighted by molar-refractivity contribution is 7.92. The molecule has 1 heterocycles. The maximum absolute atomic E-state index is 12.0. The standard InChI is InChI=1S/C20H29N3O2S/c1-13(2)17-16(20(4,5)6)18(15-11-9-14(3)10-12-15)22-19(21-17)23(7)26(8,24)25/h9-13H,1-8H3. The van der Waals surface area contributed by atoms with Gasteiger partial charge in [-0.25, -0.2) is 22.7 Å². The number of sulfonamides is 1. The molecule has 5 nitrogen and oxygen atoms in total. The molecule has 26 heavy (non-hydrogen) atoms. The predicted octanol–water partition coefficient (Wildman–Crippen LogP) is 4.27. The van der Waals surface area contributed by atoms with Gasteiger partial charge < -0.3 is 0 Å². The molecule has 1 aromatic heterocycles. The van der Waals surface area contributed by atoms with Crippen LogP contribution < -0.4 is 4.31 Å². The van der Waals surface area contributed by atoms with Crippen molar-refractivity contribution in [1.82, 2.24) is 9.97 Å². The van der Waals surface area contributed by atoms with E-state index in [1.165, 1.54) is 7.05 Å². The van der Waals surface area contributed by atoms with E-state index in [1.54, 1.807) is 0 Å². The topological polar surface area (TPSA) is 63.2 Å². The number of benzene rings is 1. The van der Waals surface area contributed by atoms with Crippen molar-refractivity contribution >= 4 is 16.0 Å². The van der Waals surface area contributed by atoms with Crippen molar-refractivity contribution < 1.29 is 8.42 Å². The van der Waals surface area contributed by atoms with Gasteiger partial charge in [-0.3, -0.25) is 0 Å². The number of aryl methyl sites for hydroxylation is 1. The summed E-state index contributed by atoms with van der Waals surface area (Å²) in [5.74, 6) is 0.350. The van der Waals surface area contributed by atoms with Gasteiger partial charge in [0.2, 0.25) is 16.0 Å². The Hall–Kier alpha value is -1.95. The van der Waals surface area contributed by atoms with Crippen molar-refractivity contribution in [3.05, 3.63) is 41.1 Å². The average Bonchev–Trinajstić information content (AvgIpc) is 2.51. The van der Waals surface area contributed by atoms with Gasteiger partial charge in [-0.2, -0.15) is 0 Å². The molecule has 0 aliphatic carbocycles. The van der Waals surface area contributed by atoms with Crippen LogP contribution in [0.25, 0.3) is 11.3 Å². The zero-order valence-electron chi connectivity index (χ0n) is 17.0. The molecule has 0 saturated heterocycles. The second-order valence-corrected chi connectivity index (χ2v) is 10.1. The molecule has 0 unspecified atom stereocenters. The largest absolute Gasteiger partial charge is 0.241 e. The van der Waals surface area contributed by atoms with Gasteiger partial charge in [-0.1, -0.05) is 64.4 Å². The first-order valence-electron chi connectivity index (χ1n) is 8.75. The minimum absolute atomic E-state index is 0.142. The lowest BCUT2D eigenvalue weighted by Gasteiger charge is -2.28. The predicted molar refractivity (Wildman–Crippen MR) is 108 cm³/mol. The van der Waals surface area contributed by atoms with E-state index < -0.39 is 10.0 Å². The summed E-state index contributed by atoms with van der Waals surface area (Å²) in [5, 5.41) is 0. The van der Waals surface area contributed by atoms with Crippen molar-refractivity contribution in [3.63, 3.8) is 0 Å². The lowest BCUT2D eigenvalue weighted by atomic mass is 9.80. The molecule has 0 aliphatic heterocycles. The summed E-state index contributed by atoms with van der Waals surface area (Å²) in [5.41, 5.74) is 4.69. The van der Waals surface area contributed by atoms with Crippen LogP contribution >= 0.6 is 0 Å². The van der Waals surface area contributed by atoms with Crippen molar-refractivity contribution in [2.75, 3.05) is 17.6 Å². The fraction of sp³-hybridized carbons (Fsp3) is 0.500. The van der Waals surface area contributed by atoms with Gasteiger partial charge in [0.25, 0.3) is 0 Å². The summed E-state index contributed by atoms with van der Waals surface area (Å²) >= 11 is 0. The smallest absolute Gasteiger partial charge is 0.239 e. The molecular formula is C20H29N3O2S. The first-order valence-corrected chi connectivity index (χ1v) is 10.6. The molecule has 0 bridgehead atoms. The van der Waals surface area contributed by atoms with Gasteiger partial charge in [0.05, 0.1) is 17.6 Å². The van der Waals surface area contributed by atoms with Gasteiger partial charge >= 0.3 is 0 Å². The number of hydrogen-bond donors (Lipinski definition) is 0. The highest BCUT2D eigenvalue weighted by Crippen LogP contribution is 2.38. The lowest BCUT2D eigenvalue weighted by Crippen LogP contribution is -2.29. The third kappa shape index (κ3) is 4.23. The van der Waals surface area contributed by atoms with Crippen molar-refractivity contribution in [1.29, 1.82) is 0 Å². The van der Waals surface area contributed by atoms with Gasteiger partial charge in [-0.15, -0.1) is 0 Å². The van der Waals surface area contributed by atoms with Gasteiger partial charge in [0.1, 0.15) is 0 Å². The molecule has 0 amide bonds. The molecule has 0 radical (unpaired) electrons.